The number of benzene rings is 3. The van der Waals surface area contributed by atoms with Gasteiger partial charge in [-0.3, -0.25) is 0 Å². The van der Waals surface area contributed by atoms with Crippen molar-refractivity contribution in [2.45, 2.75) is 31.1 Å². The molecule has 0 saturated heterocycles. The van der Waals surface area contributed by atoms with Crippen LogP contribution < -0.4 is 0 Å². The van der Waals surface area contributed by atoms with Crippen LogP contribution in [0.4, 0.5) is 0 Å². The van der Waals surface area contributed by atoms with Gasteiger partial charge in [0.05, 0.1) is 0 Å². The average molecular weight is 374 g/mol. The fourth-order valence-electron chi connectivity index (χ4n) is 3.85. The first kappa shape index (κ1) is 19.6. The molecule has 0 atom stereocenters. The number of rotatable bonds is 8. The number of aromatic hydroxyl groups is 3. The fraction of sp³-hybridized carbons (Fsp3) is 0.200. The van der Waals surface area contributed by atoms with Gasteiger partial charge >= 0.3 is 0 Å². The first-order chi connectivity index (χ1) is 13.6. The van der Waals surface area contributed by atoms with Gasteiger partial charge in [-0.05, 0) is 72.4 Å². The molecule has 28 heavy (non-hydrogen) atoms. The zero-order valence-electron chi connectivity index (χ0n) is 15.9. The summed E-state index contributed by atoms with van der Waals surface area (Å²) in [4.78, 5) is 0. The zero-order chi connectivity index (χ0) is 20.0. The maximum atomic E-state index is 9.81. The predicted octanol–water partition coefficient (Wildman–Crippen LogP) is 5.88. The van der Waals surface area contributed by atoms with Crippen LogP contribution in [-0.4, -0.2) is 15.3 Å². The van der Waals surface area contributed by atoms with Gasteiger partial charge < -0.3 is 15.3 Å². The zero-order valence-corrected chi connectivity index (χ0v) is 15.9. The van der Waals surface area contributed by atoms with Crippen molar-refractivity contribution < 1.29 is 15.3 Å². The van der Waals surface area contributed by atoms with Gasteiger partial charge in [-0.2, -0.15) is 0 Å². The molecule has 144 valence electrons. The predicted molar refractivity (Wildman–Crippen MR) is 113 cm³/mol. The highest BCUT2D eigenvalue weighted by Gasteiger charge is 2.35. The van der Waals surface area contributed by atoms with Crippen LogP contribution in [0.25, 0.3) is 0 Å². The summed E-state index contributed by atoms with van der Waals surface area (Å²) in [7, 11) is 0. The van der Waals surface area contributed by atoms with Gasteiger partial charge in [0, 0.05) is 5.41 Å². The van der Waals surface area contributed by atoms with Crippen molar-refractivity contribution in [3.63, 3.8) is 0 Å². The van der Waals surface area contributed by atoms with Gasteiger partial charge in [-0.25, -0.2) is 0 Å². The highest BCUT2D eigenvalue weighted by atomic mass is 16.3. The Morgan fingerprint density at radius 3 is 1.29 bits per heavy atom. The molecule has 0 amide bonds. The summed E-state index contributed by atoms with van der Waals surface area (Å²) in [6, 6.07) is 21.9. The minimum absolute atomic E-state index is 0.223. The molecule has 0 aliphatic carbocycles. The third kappa shape index (κ3) is 4.04. The second-order valence-corrected chi connectivity index (χ2v) is 7.08. The molecule has 3 aromatic rings. The Morgan fingerprint density at radius 1 is 0.607 bits per heavy atom. The Bertz CT molecular complexity index is 783. The lowest BCUT2D eigenvalue weighted by Crippen LogP contribution is -2.29. The van der Waals surface area contributed by atoms with Crippen molar-refractivity contribution in [3.05, 3.63) is 102 Å². The van der Waals surface area contributed by atoms with E-state index in [0.29, 0.717) is 0 Å². The van der Waals surface area contributed by atoms with E-state index in [2.05, 4.69) is 6.58 Å². The molecule has 3 nitrogen and oxygen atoms in total. The molecule has 0 fully saturated rings. The summed E-state index contributed by atoms with van der Waals surface area (Å²) >= 11 is 0. The fourth-order valence-corrected chi connectivity index (χ4v) is 3.85. The summed E-state index contributed by atoms with van der Waals surface area (Å²) in [6.07, 6.45) is 5.75. The van der Waals surface area contributed by atoms with Crippen LogP contribution in [0.5, 0.6) is 17.2 Å². The topological polar surface area (TPSA) is 60.7 Å². The van der Waals surface area contributed by atoms with Crippen LogP contribution in [0.2, 0.25) is 0 Å². The lowest BCUT2D eigenvalue weighted by molar-refractivity contribution is 0.470. The second-order valence-electron chi connectivity index (χ2n) is 7.08. The summed E-state index contributed by atoms with van der Waals surface area (Å²) in [5.74, 6) is 0.669. The van der Waals surface area contributed by atoms with E-state index >= 15 is 0 Å². The molecule has 0 aliphatic heterocycles. The van der Waals surface area contributed by atoms with Gasteiger partial charge in [-0.15, -0.1) is 6.58 Å². The first-order valence-corrected chi connectivity index (χ1v) is 9.55. The normalized spacial score (nSPS) is 11.3. The van der Waals surface area contributed by atoms with E-state index in [1.54, 1.807) is 36.4 Å². The van der Waals surface area contributed by atoms with Crippen molar-refractivity contribution in [2.75, 3.05) is 0 Å². The van der Waals surface area contributed by atoms with Gasteiger partial charge in [-0.1, -0.05) is 48.9 Å². The van der Waals surface area contributed by atoms with Crippen LogP contribution in [0.3, 0.4) is 0 Å². The number of hydrogen-bond acceptors (Lipinski definition) is 3. The molecule has 0 saturated carbocycles. The first-order valence-electron chi connectivity index (χ1n) is 9.55. The molecule has 0 aliphatic rings. The largest absolute Gasteiger partial charge is 0.508 e. The quantitative estimate of drug-likeness (QED) is 0.262. The minimum atomic E-state index is -0.462. The van der Waals surface area contributed by atoms with Crippen LogP contribution in [0.1, 0.15) is 42.4 Å². The molecule has 3 heteroatoms. The number of allylic oxidation sites excluding steroid dienone is 1. The second kappa shape index (κ2) is 8.66. The number of unbranched alkanes of at least 4 members (excludes halogenated alkanes) is 2. The SMILES string of the molecule is C=CCCCCC(c1ccc(O)cc1)(c1ccc(O)cc1)c1ccc(O)cc1. The Morgan fingerprint density at radius 2 is 0.964 bits per heavy atom. The van der Waals surface area contributed by atoms with Gasteiger partial charge in [0.15, 0.2) is 0 Å². The van der Waals surface area contributed by atoms with Crippen LogP contribution >= 0.6 is 0 Å². The van der Waals surface area contributed by atoms with Crippen LogP contribution in [0.15, 0.2) is 85.5 Å². The smallest absolute Gasteiger partial charge is 0.115 e. The van der Waals surface area contributed by atoms with Gasteiger partial charge in [0.25, 0.3) is 0 Å². The molecule has 3 aromatic carbocycles. The maximum Gasteiger partial charge on any atom is 0.115 e. The molecular weight excluding hydrogens is 348 g/mol. The van der Waals surface area contributed by atoms with Crippen molar-refractivity contribution in [1.82, 2.24) is 0 Å². The minimum Gasteiger partial charge on any atom is -0.508 e. The molecule has 3 N–H and O–H groups in total. The molecule has 0 spiro atoms. The van der Waals surface area contributed by atoms with E-state index in [1.807, 2.05) is 42.5 Å². The standard InChI is InChI=1S/C25H26O3/c1-2-3-4-5-18-25(19-6-12-22(26)13-7-19,20-8-14-23(27)15-9-20)21-10-16-24(28)17-11-21/h2,6-17,26-28H,1,3-5,18H2. The van der Waals surface area contributed by atoms with Crippen LogP contribution in [-0.2, 0) is 5.41 Å². The Labute approximate surface area is 166 Å². The monoisotopic (exact) mass is 374 g/mol. The molecule has 0 unspecified atom stereocenters. The highest BCUT2D eigenvalue weighted by molar-refractivity contribution is 5.52. The summed E-state index contributed by atoms with van der Waals surface area (Å²) in [6.45, 7) is 3.81. The van der Waals surface area contributed by atoms with Crippen molar-refractivity contribution in [1.29, 1.82) is 0 Å². The van der Waals surface area contributed by atoms with Gasteiger partial charge in [0.1, 0.15) is 17.2 Å². The molecular formula is C25H26O3. The third-order valence-electron chi connectivity index (χ3n) is 5.29. The number of phenolic OH excluding ortho intramolecular Hbond substituents is 3. The Balaban J connectivity index is 2.19. The average Bonchev–Trinajstić information content (AvgIpc) is 2.71. The molecule has 0 radical (unpaired) electrons. The van der Waals surface area contributed by atoms with E-state index in [-0.39, 0.29) is 17.2 Å². The van der Waals surface area contributed by atoms with Crippen molar-refractivity contribution >= 4 is 0 Å². The third-order valence-corrected chi connectivity index (χ3v) is 5.29. The van der Waals surface area contributed by atoms with Crippen molar-refractivity contribution in [2.24, 2.45) is 0 Å². The van der Waals surface area contributed by atoms with E-state index in [4.69, 9.17) is 0 Å². The summed E-state index contributed by atoms with van der Waals surface area (Å²) in [5, 5.41) is 29.4. The maximum absolute atomic E-state index is 9.81. The van der Waals surface area contributed by atoms with Crippen molar-refractivity contribution in [3.8, 4) is 17.2 Å². The molecule has 0 bridgehead atoms. The summed E-state index contributed by atoms with van der Waals surface area (Å²) in [5.41, 5.74) is 2.71. The van der Waals surface area contributed by atoms with E-state index in [9.17, 15) is 15.3 Å². The lowest BCUT2D eigenvalue weighted by Gasteiger charge is -2.36. The summed E-state index contributed by atoms with van der Waals surface area (Å²) < 4.78 is 0. The van der Waals surface area contributed by atoms with E-state index in [0.717, 1.165) is 42.4 Å². The number of phenols is 3. The highest BCUT2D eigenvalue weighted by Crippen LogP contribution is 2.44. The lowest BCUT2D eigenvalue weighted by atomic mass is 9.66. The van der Waals surface area contributed by atoms with Gasteiger partial charge in [0.2, 0.25) is 0 Å². The molecule has 3 rings (SSSR count). The molecule has 0 heterocycles. The van der Waals surface area contributed by atoms with E-state index < -0.39 is 5.41 Å². The van der Waals surface area contributed by atoms with Crippen LogP contribution in [0, 0.1) is 0 Å². The Kier molecular flexibility index (Phi) is 6.05. The molecule has 0 aromatic heterocycles. The number of hydrogen-bond donors (Lipinski definition) is 3. The van der Waals surface area contributed by atoms with E-state index in [1.165, 1.54) is 0 Å². The Hall–Kier alpha value is -3.20.